The van der Waals surface area contributed by atoms with Crippen molar-refractivity contribution in [1.29, 1.82) is 0 Å². The molecule has 0 saturated carbocycles. The molecule has 27 heavy (non-hydrogen) atoms. The molecule has 1 fully saturated rings. The van der Waals surface area contributed by atoms with E-state index >= 15 is 0 Å². The van der Waals surface area contributed by atoms with E-state index < -0.39 is 17.8 Å². The van der Waals surface area contributed by atoms with Crippen molar-refractivity contribution in [2.24, 2.45) is 0 Å². The highest BCUT2D eigenvalue weighted by Gasteiger charge is 2.35. The third-order valence-electron chi connectivity index (χ3n) is 3.83. The minimum absolute atomic E-state index is 0.0290. The van der Waals surface area contributed by atoms with Crippen molar-refractivity contribution in [3.63, 3.8) is 0 Å². The van der Waals surface area contributed by atoms with Crippen LogP contribution >= 0.6 is 11.8 Å². The summed E-state index contributed by atoms with van der Waals surface area (Å²) in [5.74, 6) is -0.754. The summed E-state index contributed by atoms with van der Waals surface area (Å²) in [5, 5.41) is 2.76. The van der Waals surface area contributed by atoms with Gasteiger partial charge >= 0.3 is 6.03 Å². The van der Waals surface area contributed by atoms with Gasteiger partial charge in [-0.05, 0) is 30.0 Å². The molecule has 8 nitrogen and oxygen atoms in total. The van der Waals surface area contributed by atoms with Gasteiger partial charge < -0.3 is 4.74 Å². The molecule has 4 amide bonds. The monoisotopic (exact) mass is 384 g/mol. The number of amides is 4. The maximum absolute atomic E-state index is 12.7. The molecule has 0 radical (unpaired) electrons. The molecular weight excluding hydrogens is 368 g/mol. The van der Waals surface area contributed by atoms with Gasteiger partial charge in [-0.25, -0.2) is 14.8 Å². The first kappa shape index (κ1) is 18.6. The summed E-state index contributed by atoms with van der Waals surface area (Å²) >= 11 is 1.38. The topological polar surface area (TPSA) is 101 Å². The molecule has 2 aromatic rings. The highest BCUT2D eigenvalue weighted by atomic mass is 32.2. The molecule has 0 unspecified atom stereocenters. The Morgan fingerprint density at radius 2 is 1.81 bits per heavy atom. The minimum atomic E-state index is -0.757. The molecule has 1 saturated heterocycles. The molecule has 0 atom stereocenters. The number of methoxy groups -OCH3 is 1. The first-order chi connectivity index (χ1) is 13.0. The maximum Gasteiger partial charge on any atom is 0.331 e. The zero-order chi connectivity index (χ0) is 19.4. The van der Waals surface area contributed by atoms with Gasteiger partial charge in [-0.15, -0.1) is 0 Å². The fourth-order valence-electron chi connectivity index (χ4n) is 2.42. The number of barbiturate groups is 1. The van der Waals surface area contributed by atoms with E-state index in [0.717, 1.165) is 10.5 Å². The van der Waals surface area contributed by atoms with Gasteiger partial charge in [0.05, 0.1) is 13.7 Å². The Morgan fingerprint density at radius 1 is 1.15 bits per heavy atom. The van der Waals surface area contributed by atoms with Crippen LogP contribution in [0.5, 0.6) is 5.75 Å². The third-order valence-corrected chi connectivity index (χ3v) is 4.40. The molecule has 0 spiro atoms. The lowest BCUT2D eigenvalue weighted by Gasteiger charge is -2.26. The first-order valence-corrected chi connectivity index (χ1v) is 9.12. The summed E-state index contributed by atoms with van der Waals surface area (Å²) in [6, 6.07) is 6.19. The number of nitrogens with zero attached hydrogens (tertiary/aromatic N) is 3. The molecule has 1 aromatic heterocycles. The van der Waals surface area contributed by atoms with E-state index in [1.54, 1.807) is 31.4 Å². The lowest BCUT2D eigenvalue weighted by Crippen LogP contribution is -2.53. The molecule has 2 heterocycles. The van der Waals surface area contributed by atoms with E-state index in [1.165, 1.54) is 30.2 Å². The zero-order valence-electron chi connectivity index (χ0n) is 14.6. The van der Waals surface area contributed by atoms with Gasteiger partial charge in [0.2, 0.25) is 0 Å². The van der Waals surface area contributed by atoms with Gasteiger partial charge in [-0.2, -0.15) is 0 Å². The van der Waals surface area contributed by atoms with Gasteiger partial charge in [0.15, 0.2) is 5.16 Å². The van der Waals surface area contributed by atoms with Crippen LogP contribution < -0.4 is 10.1 Å². The van der Waals surface area contributed by atoms with Crippen LogP contribution in [0, 0.1) is 0 Å². The average Bonchev–Trinajstić information content (AvgIpc) is 2.69. The van der Waals surface area contributed by atoms with Gasteiger partial charge in [-0.3, -0.25) is 19.8 Å². The Kier molecular flexibility index (Phi) is 5.51. The Balaban J connectivity index is 1.84. The minimum Gasteiger partial charge on any atom is -0.497 e. The lowest BCUT2D eigenvalue weighted by molar-refractivity contribution is -0.130. The van der Waals surface area contributed by atoms with Crippen LogP contribution in [-0.4, -0.2) is 46.1 Å². The number of ether oxygens (including phenoxy) is 1. The highest BCUT2D eigenvalue weighted by molar-refractivity contribution is 7.98. The molecule has 0 bridgehead atoms. The fourth-order valence-corrected chi connectivity index (χ4v) is 2.74. The quantitative estimate of drug-likeness (QED) is 0.363. The summed E-state index contributed by atoms with van der Waals surface area (Å²) in [6.07, 6.45) is 6.23. The number of urea groups is 1. The van der Waals surface area contributed by atoms with Gasteiger partial charge in [0.1, 0.15) is 11.3 Å². The third kappa shape index (κ3) is 4.14. The zero-order valence-corrected chi connectivity index (χ0v) is 15.4. The summed E-state index contributed by atoms with van der Waals surface area (Å²) in [6.45, 7) is 0.0290. The smallest absolute Gasteiger partial charge is 0.331 e. The number of imide groups is 2. The van der Waals surface area contributed by atoms with Crippen LogP contribution in [0.15, 0.2) is 47.4 Å². The lowest BCUT2D eigenvalue weighted by atomic mass is 10.1. The maximum atomic E-state index is 12.7. The van der Waals surface area contributed by atoms with Gasteiger partial charge in [0.25, 0.3) is 11.8 Å². The number of hydrogen-bond donors (Lipinski definition) is 1. The number of thioether (sulfide) groups is 1. The number of hydrogen-bond acceptors (Lipinski definition) is 7. The van der Waals surface area contributed by atoms with E-state index in [-0.39, 0.29) is 12.1 Å². The molecule has 1 N–H and O–H groups in total. The van der Waals surface area contributed by atoms with E-state index in [1.807, 2.05) is 6.26 Å². The predicted molar refractivity (Wildman–Crippen MR) is 98.9 cm³/mol. The second-order valence-corrected chi connectivity index (χ2v) is 6.33. The number of rotatable bonds is 5. The molecule has 1 aliphatic rings. The number of nitrogens with one attached hydrogen (secondary N) is 1. The van der Waals surface area contributed by atoms with Crippen molar-refractivity contribution >= 4 is 35.7 Å². The Labute approximate surface area is 159 Å². The van der Waals surface area contributed by atoms with E-state index in [9.17, 15) is 14.4 Å². The van der Waals surface area contributed by atoms with Crippen LogP contribution in [0.2, 0.25) is 0 Å². The Hall–Kier alpha value is -3.20. The molecule has 1 aliphatic heterocycles. The van der Waals surface area contributed by atoms with Crippen molar-refractivity contribution in [2.45, 2.75) is 11.7 Å². The molecule has 0 aliphatic carbocycles. The van der Waals surface area contributed by atoms with Crippen LogP contribution in [-0.2, 0) is 16.1 Å². The van der Waals surface area contributed by atoms with Crippen LogP contribution in [0.1, 0.15) is 11.1 Å². The van der Waals surface area contributed by atoms with Crippen molar-refractivity contribution in [3.05, 3.63) is 53.4 Å². The predicted octanol–water partition coefficient (Wildman–Crippen LogP) is 1.87. The van der Waals surface area contributed by atoms with Crippen molar-refractivity contribution in [3.8, 4) is 5.75 Å². The fraction of sp³-hybridized carbons (Fsp3) is 0.167. The standard InChI is InChI=1S/C18H16N4O4S/c1-26-13-5-3-11(4-6-13)10-22-16(24)14(15(23)21-18(22)25)7-12-8-19-17(27-2)20-9-12/h3-9H,10H2,1-2H3,(H,21,23,25). The number of aromatic nitrogens is 2. The second kappa shape index (κ2) is 8.00. The summed E-state index contributed by atoms with van der Waals surface area (Å²) < 4.78 is 5.09. The van der Waals surface area contributed by atoms with Crippen LogP contribution in [0.25, 0.3) is 6.08 Å². The van der Waals surface area contributed by atoms with E-state index in [4.69, 9.17) is 4.74 Å². The van der Waals surface area contributed by atoms with Gasteiger partial charge in [-0.1, -0.05) is 23.9 Å². The van der Waals surface area contributed by atoms with Gasteiger partial charge in [0, 0.05) is 18.0 Å². The van der Waals surface area contributed by atoms with Crippen LogP contribution in [0.3, 0.4) is 0 Å². The summed E-state index contributed by atoms with van der Waals surface area (Å²) in [4.78, 5) is 46.1. The Morgan fingerprint density at radius 3 is 2.41 bits per heavy atom. The molecule has 1 aromatic carbocycles. The molecular formula is C18H16N4O4S. The second-order valence-electron chi connectivity index (χ2n) is 5.56. The van der Waals surface area contributed by atoms with Crippen LogP contribution in [0.4, 0.5) is 4.79 Å². The van der Waals surface area contributed by atoms with Crippen molar-refractivity contribution in [1.82, 2.24) is 20.2 Å². The summed E-state index contributed by atoms with van der Waals surface area (Å²) in [7, 11) is 1.55. The normalized spacial score (nSPS) is 15.9. The number of carbonyl (C=O) groups excluding carboxylic acids is 3. The molecule has 3 rings (SSSR count). The average molecular weight is 384 g/mol. The SMILES string of the molecule is COc1ccc(CN2C(=O)NC(=O)C(=Cc3cnc(SC)nc3)C2=O)cc1. The van der Waals surface area contributed by atoms with Crippen molar-refractivity contribution < 1.29 is 19.1 Å². The first-order valence-electron chi connectivity index (χ1n) is 7.89. The number of carbonyl (C=O) groups is 3. The largest absolute Gasteiger partial charge is 0.497 e. The summed E-state index contributed by atoms with van der Waals surface area (Å²) in [5.41, 5.74) is 1.06. The van der Waals surface area contributed by atoms with E-state index in [0.29, 0.717) is 16.5 Å². The Bertz CT molecular complexity index is 910. The number of benzene rings is 1. The highest BCUT2D eigenvalue weighted by Crippen LogP contribution is 2.18. The molecule has 9 heteroatoms. The van der Waals surface area contributed by atoms with E-state index in [2.05, 4.69) is 15.3 Å². The van der Waals surface area contributed by atoms with Crippen molar-refractivity contribution in [2.75, 3.05) is 13.4 Å². The molecule has 138 valence electrons.